The Morgan fingerprint density at radius 2 is 1.85 bits per heavy atom. The number of thiazole rings is 1. The number of carbonyl (C=O) groups is 2. The van der Waals surface area contributed by atoms with Crippen molar-refractivity contribution in [3.8, 4) is 17.1 Å². The van der Waals surface area contributed by atoms with Crippen LogP contribution >= 0.6 is 11.3 Å². The number of fused-ring (bicyclic) bond motifs is 1. The molecular weight excluding hydrogens is 559 g/mol. The van der Waals surface area contributed by atoms with Crippen molar-refractivity contribution >= 4 is 55.0 Å². The Morgan fingerprint density at radius 3 is 2.42 bits per heavy atom. The molecule has 2 aromatic carbocycles. The maximum Gasteiger partial charge on any atom is 0.264 e. The van der Waals surface area contributed by atoms with Crippen LogP contribution in [0.15, 0.2) is 40.8 Å². The molecule has 0 saturated carbocycles. The van der Waals surface area contributed by atoms with Gasteiger partial charge in [-0.2, -0.15) is 0 Å². The molecule has 0 bridgehead atoms. The zero-order valence-corrected chi connectivity index (χ0v) is 24.3. The van der Waals surface area contributed by atoms with Crippen molar-refractivity contribution in [1.29, 1.82) is 0 Å². The number of benzene rings is 2. The summed E-state index contributed by atoms with van der Waals surface area (Å²) in [6, 6.07) is 8.29. The van der Waals surface area contributed by atoms with Crippen molar-refractivity contribution in [1.82, 2.24) is 10.3 Å². The smallest absolute Gasteiger partial charge is 0.264 e. The van der Waals surface area contributed by atoms with E-state index in [2.05, 4.69) is 15.6 Å². The number of furan rings is 1. The van der Waals surface area contributed by atoms with E-state index < -0.39 is 34.3 Å². The van der Waals surface area contributed by atoms with Gasteiger partial charge >= 0.3 is 0 Å². The van der Waals surface area contributed by atoms with Gasteiger partial charge in [0.15, 0.2) is 11.7 Å². The molecule has 2 N–H and O–H groups in total. The van der Waals surface area contributed by atoms with Crippen LogP contribution < -0.4 is 19.7 Å². The Labute approximate surface area is 235 Å². The first kappa shape index (κ1) is 29.0. The molecule has 0 saturated heterocycles. The summed E-state index contributed by atoms with van der Waals surface area (Å²) in [5, 5.41) is 6.06. The van der Waals surface area contributed by atoms with Crippen molar-refractivity contribution in [3.63, 3.8) is 0 Å². The third-order valence-electron chi connectivity index (χ3n) is 6.21. The van der Waals surface area contributed by atoms with Gasteiger partial charge in [-0.15, -0.1) is 11.3 Å². The monoisotopic (exact) mass is 588 g/mol. The van der Waals surface area contributed by atoms with E-state index in [1.54, 1.807) is 0 Å². The fourth-order valence-corrected chi connectivity index (χ4v) is 5.60. The van der Waals surface area contributed by atoms with Crippen LogP contribution in [0.2, 0.25) is 0 Å². The number of aromatic nitrogens is 1. The zero-order chi connectivity index (χ0) is 29.2. The van der Waals surface area contributed by atoms with Crippen LogP contribution in [-0.4, -0.2) is 52.2 Å². The second kappa shape index (κ2) is 11.6. The van der Waals surface area contributed by atoms with Crippen LogP contribution in [0.1, 0.15) is 34.8 Å². The minimum absolute atomic E-state index is 0.0369. The fraction of sp³-hybridized carbons (Fsp3) is 0.296. The number of hydrogen-bond acceptors (Lipinski definition) is 8. The lowest BCUT2D eigenvalue weighted by Gasteiger charge is -2.20. The summed E-state index contributed by atoms with van der Waals surface area (Å²) >= 11 is 1.39. The van der Waals surface area contributed by atoms with E-state index in [9.17, 15) is 22.4 Å². The molecule has 13 heteroatoms. The molecule has 0 fully saturated rings. The highest BCUT2D eigenvalue weighted by Gasteiger charge is 2.26. The molecule has 2 aromatic heterocycles. The molecule has 4 rings (SSSR count). The minimum Gasteiger partial charge on any atom is -0.482 e. The van der Waals surface area contributed by atoms with Crippen molar-refractivity contribution in [3.05, 3.63) is 58.3 Å². The number of anilines is 2. The van der Waals surface area contributed by atoms with Crippen LogP contribution in [0, 0.1) is 5.82 Å². The SMILES string of the molecule is CCc1nc(NC(=O)COc2cc3c(C(=O)NC)c(-c4ccc(F)cc4)oc3cc2N(C)S(C)(=O)=O)sc1CC. The van der Waals surface area contributed by atoms with Gasteiger partial charge in [0, 0.05) is 36.0 Å². The van der Waals surface area contributed by atoms with Gasteiger partial charge in [-0.1, -0.05) is 13.8 Å². The predicted octanol–water partition coefficient (Wildman–Crippen LogP) is 4.59. The lowest BCUT2D eigenvalue weighted by molar-refractivity contribution is -0.118. The number of aryl methyl sites for hydroxylation is 2. The van der Waals surface area contributed by atoms with E-state index in [4.69, 9.17) is 9.15 Å². The number of nitrogens with zero attached hydrogens (tertiary/aromatic N) is 2. The summed E-state index contributed by atoms with van der Waals surface area (Å²) in [6.07, 6.45) is 2.56. The number of hydrogen-bond donors (Lipinski definition) is 2. The number of carbonyl (C=O) groups excluding carboxylic acids is 2. The molecule has 0 spiro atoms. The van der Waals surface area contributed by atoms with Gasteiger partial charge in [0.05, 0.1) is 23.2 Å². The molecule has 40 heavy (non-hydrogen) atoms. The first-order valence-electron chi connectivity index (χ1n) is 12.4. The average Bonchev–Trinajstić information content (AvgIpc) is 3.50. The molecule has 212 valence electrons. The number of nitrogens with one attached hydrogen (secondary N) is 2. The molecule has 0 atom stereocenters. The normalized spacial score (nSPS) is 11.4. The first-order valence-corrected chi connectivity index (χ1v) is 15.1. The molecule has 0 aliphatic rings. The van der Waals surface area contributed by atoms with Crippen LogP contribution in [-0.2, 0) is 27.7 Å². The van der Waals surface area contributed by atoms with Gasteiger partial charge in [-0.25, -0.2) is 17.8 Å². The maximum atomic E-state index is 13.6. The Balaban J connectivity index is 1.76. The van der Waals surface area contributed by atoms with E-state index in [-0.39, 0.29) is 28.3 Å². The van der Waals surface area contributed by atoms with E-state index in [1.807, 2.05) is 13.8 Å². The van der Waals surface area contributed by atoms with Crippen molar-refractivity contribution in [2.45, 2.75) is 26.7 Å². The number of rotatable bonds is 10. The number of ether oxygens (including phenoxy) is 1. The summed E-state index contributed by atoms with van der Waals surface area (Å²) in [4.78, 5) is 31.2. The van der Waals surface area contributed by atoms with Gasteiger partial charge in [0.2, 0.25) is 10.0 Å². The third-order valence-corrected chi connectivity index (χ3v) is 8.56. The second-order valence-corrected chi connectivity index (χ2v) is 12.0. The molecular formula is C27H29FN4O6S2. The van der Waals surface area contributed by atoms with Gasteiger partial charge in [0.1, 0.15) is 22.9 Å². The first-order chi connectivity index (χ1) is 19.0. The molecule has 2 amide bonds. The van der Waals surface area contributed by atoms with Crippen LogP contribution in [0.3, 0.4) is 0 Å². The van der Waals surface area contributed by atoms with Crippen molar-refractivity contribution in [2.75, 3.05) is 36.6 Å². The summed E-state index contributed by atoms with van der Waals surface area (Å²) in [6.45, 7) is 3.56. The summed E-state index contributed by atoms with van der Waals surface area (Å²) < 4.78 is 51.2. The topological polar surface area (TPSA) is 131 Å². The van der Waals surface area contributed by atoms with Gasteiger partial charge in [-0.3, -0.25) is 19.2 Å². The van der Waals surface area contributed by atoms with E-state index in [0.29, 0.717) is 16.1 Å². The lowest BCUT2D eigenvalue weighted by atomic mass is 10.0. The highest BCUT2D eigenvalue weighted by molar-refractivity contribution is 7.92. The molecule has 4 aromatic rings. The summed E-state index contributed by atoms with van der Waals surface area (Å²) in [5.41, 5.74) is 1.81. The Hall–Kier alpha value is -3.97. The van der Waals surface area contributed by atoms with Crippen LogP contribution in [0.5, 0.6) is 5.75 Å². The lowest BCUT2D eigenvalue weighted by Crippen LogP contribution is -2.26. The van der Waals surface area contributed by atoms with Crippen LogP contribution in [0.25, 0.3) is 22.3 Å². The number of sulfonamides is 1. The fourth-order valence-electron chi connectivity index (χ4n) is 4.10. The number of halogens is 1. The molecule has 0 aliphatic carbocycles. The van der Waals surface area contributed by atoms with Gasteiger partial charge in [-0.05, 0) is 43.2 Å². The minimum atomic E-state index is -3.74. The predicted molar refractivity (Wildman–Crippen MR) is 153 cm³/mol. The van der Waals surface area contributed by atoms with Gasteiger partial charge < -0.3 is 14.5 Å². The Bertz CT molecular complexity index is 1660. The van der Waals surface area contributed by atoms with Crippen molar-refractivity contribution < 1.29 is 31.6 Å². The Kier molecular flexibility index (Phi) is 8.45. The van der Waals surface area contributed by atoms with Crippen molar-refractivity contribution in [2.24, 2.45) is 0 Å². The zero-order valence-electron chi connectivity index (χ0n) is 22.6. The van der Waals surface area contributed by atoms with E-state index >= 15 is 0 Å². The molecule has 0 unspecified atom stereocenters. The van der Waals surface area contributed by atoms with E-state index in [1.165, 1.54) is 61.8 Å². The molecule has 0 aliphatic heterocycles. The van der Waals surface area contributed by atoms with Gasteiger partial charge in [0.25, 0.3) is 11.8 Å². The second-order valence-electron chi connectivity index (χ2n) is 8.87. The maximum absolute atomic E-state index is 13.6. The summed E-state index contributed by atoms with van der Waals surface area (Å²) in [7, 11) is -0.953. The highest BCUT2D eigenvalue weighted by atomic mass is 32.2. The highest BCUT2D eigenvalue weighted by Crippen LogP contribution is 2.40. The average molecular weight is 589 g/mol. The largest absolute Gasteiger partial charge is 0.482 e. The molecule has 10 nitrogen and oxygen atoms in total. The Morgan fingerprint density at radius 1 is 1.15 bits per heavy atom. The van der Waals surface area contributed by atoms with E-state index in [0.717, 1.165) is 34.0 Å². The van der Waals surface area contributed by atoms with Crippen LogP contribution in [0.4, 0.5) is 15.2 Å². The molecule has 2 heterocycles. The quantitative estimate of drug-likeness (QED) is 0.277. The molecule has 0 radical (unpaired) electrons. The standard InChI is InChI=1S/C27H29FN4O6S2/c1-6-18-22(7-2)39-27(30-18)31-23(33)14-37-21-12-17-20(13-19(21)32(4)40(5,35)36)38-25(24(17)26(34)29-3)15-8-10-16(28)11-9-15/h8-13H,6-7,14H2,1-5H3,(H,29,34)(H,30,31,33). The number of amides is 2. The third kappa shape index (κ3) is 5.94. The summed E-state index contributed by atoms with van der Waals surface area (Å²) in [5.74, 6) is -1.22.